The minimum atomic E-state index is 0.216. The van der Waals surface area contributed by atoms with Crippen LogP contribution in [0.3, 0.4) is 0 Å². The topological polar surface area (TPSA) is 29.1 Å². The summed E-state index contributed by atoms with van der Waals surface area (Å²) in [5.74, 6) is 0.730. The fraction of sp³-hybridized carbons (Fsp3) is 0.533. The lowest BCUT2D eigenvalue weighted by Gasteiger charge is -2.11. The lowest BCUT2D eigenvalue weighted by molar-refractivity contribution is 0.0972. The first kappa shape index (κ1) is 13.9. The Labute approximate surface area is 104 Å². The van der Waals surface area contributed by atoms with E-state index in [-0.39, 0.29) is 11.8 Å². The zero-order valence-electron chi connectivity index (χ0n) is 11.3. The normalized spacial score (nSPS) is 12.8. The van der Waals surface area contributed by atoms with Gasteiger partial charge in [0.1, 0.15) is 0 Å². The van der Waals surface area contributed by atoms with Crippen LogP contribution in [0.1, 0.15) is 56.0 Å². The number of rotatable bonds is 6. The number of nitrogens with one attached hydrogen (secondary N) is 1. The summed E-state index contributed by atoms with van der Waals surface area (Å²) >= 11 is 0. The van der Waals surface area contributed by atoms with Crippen LogP contribution in [0.25, 0.3) is 0 Å². The maximum atomic E-state index is 12.0. The maximum Gasteiger partial charge on any atom is 0.164 e. The van der Waals surface area contributed by atoms with E-state index in [1.165, 1.54) is 5.56 Å². The van der Waals surface area contributed by atoms with Crippen LogP contribution in [0.4, 0.5) is 0 Å². The molecule has 0 saturated heterocycles. The van der Waals surface area contributed by atoms with Crippen molar-refractivity contribution in [1.29, 1.82) is 0 Å². The highest BCUT2D eigenvalue weighted by atomic mass is 16.1. The SMILES string of the molecule is CCNC(C)CC(=O)c1ccc(C(C)C)cc1. The van der Waals surface area contributed by atoms with Gasteiger partial charge in [0, 0.05) is 18.0 Å². The summed E-state index contributed by atoms with van der Waals surface area (Å²) < 4.78 is 0. The minimum Gasteiger partial charge on any atom is -0.314 e. The molecule has 0 spiro atoms. The van der Waals surface area contributed by atoms with Gasteiger partial charge in [-0.25, -0.2) is 0 Å². The molecule has 0 aromatic heterocycles. The first-order chi connectivity index (χ1) is 8.04. The molecular weight excluding hydrogens is 210 g/mol. The largest absolute Gasteiger partial charge is 0.314 e. The summed E-state index contributed by atoms with van der Waals surface area (Å²) in [5, 5.41) is 3.25. The monoisotopic (exact) mass is 233 g/mol. The number of hydrogen-bond donors (Lipinski definition) is 1. The number of benzene rings is 1. The predicted molar refractivity (Wildman–Crippen MR) is 72.6 cm³/mol. The van der Waals surface area contributed by atoms with E-state index in [9.17, 15) is 4.79 Å². The lowest BCUT2D eigenvalue weighted by atomic mass is 9.98. The number of hydrogen-bond acceptors (Lipinski definition) is 2. The third kappa shape index (κ3) is 4.31. The molecule has 2 nitrogen and oxygen atoms in total. The summed E-state index contributed by atoms with van der Waals surface area (Å²) in [6, 6.07) is 8.23. The number of Topliss-reactive ketones (excluding diaryl/α,β-unsaturated/α-hetero) is 1. The molecule has 0 amide bonds. The molecule has 0 aliphatic rings. The molecule has 2 heteroatoms. The fourth-order valence-corrected chi connectivity index (χ4v) is 1.87. The van der Waals surface area contributed by atoms with E-state index in [1.807, 2.05) is 19.1 Å². The zero-order chi connectivity index (χ0) is 12.8. The molecule has 0 bridgehead atoms. The average molecular weight is 233 g/mol. The summed E-state index contributed by atoms with van der Waals surface area (Å²) in [5.41, 5.74) is 2.10. The predicted octanol–water partition coefficient (Wildman–Crippen LogP) is 3.38. The van der Waals surface area contributed by atoms with Crippen LogP contribution in [-0.4, -0.2) is 18.4 Å². The molecule has 0 fully saturated rings. The van der Waals surface area contributed by atoms with Crippen LogP contribution in [0.2, 0.25) is 0 Å². The van der Waals surface area contributed by atoms with Gasteiger partial charge in [-0.05, 0) is 24.9 Å². The van der Waals surface area contributed by atoms with Crippen molar-refractivity contribution in [2.75, 3.05) is 6.54 Å². The Balaban J connectivity index is 2.63. The van der Waals surface area contributed by atoms with Crippen molar-refractivity contribution >= 4 is 5.78 Å². The van der Waals surface area contributed by atoms with E-state index in [4.69, 9.17) is 0 Å². The lowest BCUT2D eigenvalue weighted by Crippen LogP contribution is -2.28. The molecule has 0 heterocycles. The van der Waals surface area contributed by atoms with E-state index in [0.717, 1.165) is 12.1 Å². The molecule has 1 atom stereocenters. The molecule has 1 aromatic rings. The third-order valence-electron chi connectivity index (χ3n) is 2.94. The van der Waals surface area contributed by atoms with Crippen LogP contribution in [0.5, 0.6) is 0 Å². The summed E-state index contributed by atoms with van der Waals surface area (Å²) in [7, 11) is 0. The third-order valence-corrected chi connectivity index (χ3v) is 2.94. The van der Waals surface area contributed by atoms with Crippen LogP contribution in [-0.2, 0) is 0 Å². The average Bonchev–Trinajstić information content (AvgIpc) is 2.29. The van der Waals surface area contributed by atoms with Crippen molar-refractivity contribution in [2.45, 2.75) is 46.1 Å². The Bertz CT molecular complexity index is 354. The summed E-state index contributed by atoms with van der Waals surface area (Å²) in [6.07, 6.45) is 0.564. The van der Waals surface area contributed by atoms with Crippen LogP contribution >= 0.6 is 0 Å². The number of ketones is 1. The Kier molecular flexibility index (Phi) is 5.36. The van der Waals surface area contributed by atoms with Gasteiger partial charge < -0.3 is 5.32 Å². The molecular formula is C15H23NO. The Morgan fingerprint density at radius 1 is 1.18 bits per heavy atom. The first-order valence-electron chi connectivity index (χ1n) is 6.41. The van der Waals surface area contributed by atoms with Gasteiger partial charge in [-0.2, -0.15) is 0 Å². The van der Waals surface area contributed by atoms with Crippen molar-refractivity contribution in [3.8, 4) is 0 Å². The number of carbonyl (C=O) groups is 1. The molecule has 0 saturated carbocycles. The van der Waals surface area contributed by atoms with E-state index in [0.29, 0.717) is 12.3 Å². The van der Waals surface area contributed by atoms with Gasteiger partial charge in [-0.15, -0.1) is 0 Å². The van der Waals surface area contributed by atoms with Crippen molar-refractivity contribution in [3.63, 3.8) is 0 Å². The molecule has 94 valence electrons. The van der Waals surface area contributed by atoms with Gasteiger partial charge in [-0.1, -0.05) is 45.0 Å². The fourth-order valence-electron chi connectivity index (χ4n) is 1.87. The molecule has 1 aromatic carbocycles. The number of carbonyl (C=O) groups excluding carboxylic acids is 1. The molecule has 0 aliphatic carbocycles. The van der Waals surface area contributed by atoms with Crippen LogP contribution < -0.4 is 5.32 Å². The van der Waals surface area contributed by atoms with Gasteiger partial charge in [0.25, 0.3) is 0 Å². The smallest absolute Gasteiger partial charge is 0.164 e. The molecule has 0 aliphatic heterocycles. The standard InChI is InChI=1S/C15H23NO/c1-5-16-12(4)10-15(17)14-8-6-13(7-9-14)11(2)3/h6-9,11-12,16H,5,10H2,1-4H3. The second kappa shape index (κ2) is 6.55. The van der Waals surface area contributed by atoms with Crippen molar-refractivity contribution < 1.29 is 4.79 Å². The molecule has 17 heavy (non-hydrogen) atoms. The van der Waals surface area contributed by atoms with E-state index < -0.39 is 0 Å². The van der Waals surface area contributed by atoms with E-state index in [2.05, 4.69) is 38.2 Å². The highest BCUT2D eigenvalue weighted by molar-refractivity contribution is 5.96. The zero-order valence-corrected chi connectivity index (χ0v) is 11.3. The van der Waals surface area contributed by atoms with Gasteiger partial charge in [0.15, 0.2) is 5.78 Å². The highest BCUT2D eigenvalue weighted by Gasteiger charge is 2.10. The van der Waals surface area contributed by atoms with Gasteiger partial charge in [0.05, 0.1) is 0 Å². The van der Waals surface area contributed by atoms with Gasteiger partial charge >= 0.3 is 0 Å². The molecule has 1 N–H and O–H groups in total. The highest BCUT2D eigenvalue weighted by Crippen LogP contribution is 2.15. The van der Waals surface area contributed by atoms with Crippen LogP contribution in [0.15, 0.2) is 24.3 Å². The summed E-state index contributed by atoms with van der Waals surface area (Å²) in [6.45, 7) is 9.32. The molecule has 1 unspecified atom stereocenters. The first-order valence-corrected chi connectivity index (χ1v) is 6.41. The van der Waals surface area contributed by atoms with Gasteiger partial charge in [-0.3, -0.25) is 4.79 Å². The van der Waals surface area contributed by atoms with Crippen molar-refractivity contribution in [2.24, 2.45) is 0 Å². The second-order valence-corrected chi connectivity index (χ2v) is 4.86. The molecule has 1 rings (SSSR count). The quantitative estimate of drug-likeness (QED) is 0.763. The van der Waals surface area contributed by atoms with Gasteiger partial charge in [0.2, 0.25) is 0 Å². The van der Waals surface area contributed by atoms with E-state index >= 15 is 0 Å². The minimum absolute atomic E-state index is 0.216. The molecule has 0 radical (unpaired) electrons. The van der Waals surface area contributed by atoms with Crippen LogP contribution in [0, 0.1) is 0 Å². The Morgan fingerprint density at radius 2 is 1.76 bits per heavy atom. The Morgan fingerprint density at radius 3 is 2.24 bits per heavy atom. The Hall–Kier alpha value is -1.15. The second-order valence-electron chi connectivity index (χ2n) is 4.86. The summed E-state index contributed by atoms with van der Waals surface area (Å²) in [4.78, 5) is 12.0. The van der Waals surface area contributed by atoms with E-state index in [1.54, 1.807) is 0 Å². The van der Waals surface area contributed by atoms with Crippen molar-refractivity contribution in [1.82, 2.24) is 5.32 Å². The maximum absolute atomic E-state index is 12.0. The van der Waals surface area contributed by atoms with Crippen molar-refractivity contribution in [3.05, 3.63) is 35.4 Å².